The first-order valence-corrected chi connectivity index (χ1v) is 7.83. The SMILES string of the molecule is Cc1noc(C)c1NC(=O)N(C)[C@@H](C)c1ccc2c(c1)OCCO2. The van der Waals surface area contributed by atoms with Gasteiger partial charge in [-0.1, -0.05) is 11.2 Å². The van der Waals surface area contributed by atoms with E-state index in [4.69, 9.17) is 14.0 Å². The van der Waals surface area contributed by atoms with Crippen molar-refractivity contribution in [3.63, 3.8) is 0 Å². The quantitative estimate of drug-likeness (QED) is 0.934. The number of hydrogen-bond donors (Lipinski definition) is 1. The van der Waals surface area contributed by atoms with Gasteiger partial charge in [-0.2, -0.15) is 0 Å². The Morgan fingerprint density at radius 2 is 1.96 bits per heavy atom. The lowest BCUT2D eigenvalue weighted by Gasteiger charge is -2.27. The fourth-order valence-electron chi connectivity index (χ4n) is 2.58. The summed E-state index contributed by atoms with van der Waals surface area (Å²) in [5.41, 5.74) is 2.23. The van der Waals surface area contributed by atoms with Crippen LogP contribution in [0.15, 0.2) is 22.7 Å². The lowest BCUT2D eigenvalue weighted by Crippen LogP contribution is -2.34. The van der Waals surface area contributed by atoms with Gasteiger partial charge in [0.25, 0.3) is 0 Å². The number of fused-ring (bicyclic) bond motifs is 1. The average Bonchev–Trinajstić information content (AvgIpc) is 2.91. The Hall–Kier alpha value is -2.70. The van der Waals surface area contributed by atoms with Crippen LogP contribution in [0, 0.1) is 13.8 Å². The number of anilines is 1. The zero-order valence-electron chi connectivity index (χ0n) is 14.3. The largest absolute Gasteiger partial charge is 0.486 e. The first kappa shape index (κ1) is 16.2. The maximum atomic E-state index is 12.5. The molecule has 1 atom stereocenters. The van der Waals surface area contributed by atoms with Gasteiger partial charge in [0.05, 0.1) is 6.04 Å². The Morgan fingerprint density at radius 3 is 2.62 bits per heavy atom. The standard InChI is InChI=1S/C17H21N3O4/c1-10-16(12(3)24-19-10)18-17(21)20(4)11(2)13-5-6-14-15(9-13)23-8-7-22-14/h5-6,9,11H,7-8H2,1-4H3,(H,18,21)/t11-/m0/s1. The molecule has 0 aliphatic carbocycles. The van der Waals surface area contributed by atoms with Crippen LogP contribution in [0.3, 0.4) is 0 Å². The van der Waals surface area contributed by atoms with Crippen LogP contribution in [0.2, 0.25) is 0 Å². The monoisotopic (exact) mass is 331 g/mol. The molecule has 7 heteroatoms. The van der Waals surface area contributed by atoms with Crippen molar-refractivity contribution in [1.82, 2.24) is 10.1 Å². The molecule has 7 nitrogen and oxygen atoms in total. The van der Waals surface area contributed by atoms with Gasteiger partial charge in [-0.05, 0) is 38.5 Å². The number of carbonyl (C=O) groups is 1. The number of ether oxygens (including phenoxy) is 2. The third kappa shape index (κ3) is 3.02. The number of hydrogen-bond acceptors (Lipinski definition) is 5. The maximum Gasteiger partial charge on any atom is 0.322 e. The molecule has 0 saturated carbocycles. The summed E-state index contributed by atoms with van der Waals surface area (Å²) in [6.07, 6.45) is 0. The molecule has 0 saturated heterocycles. The van der Waals surface area contributed by atoms with Crippen molar-refractivity contribution in [2.45, 2.75) is 26.8 Å². The fourth-order valence-corrected chi connectivity index (χ4v) is 2.58. The number of aromatic nitrogens is 1. The molecule has 1 aromatic carbocycles. The van der Waals surface area contributed by atoms with Gasteiger partial charge in [-0.15, -0.1) is 0 Å². The molecule has 0 fully saturated rings. The van der Waals surface area contributed by atoms with Crippen molar-refractivity contribution in [3.8, 4) is 11.5 Å². The molecule has 0 radical (unpaired) electrons. The van der Waals surface area contributed by atoms with Crippen LogP contribution >= 0.6 is 0 Å². The number of urea groups is 1. The van der Waals surface area contributed by atoms with Crippen molar-refractivity contribution in [2.75, 3.05) is 25.6 Å². The van der Waals surface area contributed by atoms with E-state index in [-0.39, 0.29) is 12.1 Å². The fraction of sp³-hybridized carbons (Fsp3) is 0.412. The summed E-state index contributed by atoms with van der Waals surface area (Å²) in [6, 6.07) is 5.37. The molecule has 0 bridgehead atoms. The molecule has 3 rings (SSSR count). The van der Waals surface area contributed by atoms with Gasteiger partial charge in [0, 0.05) is 7.05 Å². The van der Waals surface area contributed by atoms with E-state index in [2.05, 4.69) is 10.5 Å². The van der Waals surface area contributed by atoms with Gasteiger partial charge in [-0.25, -0.2) is 4.79 Å². The van der Waals surface area contributed by atoms with E-state index in [1.807, 2.05) is 25.1 Å². The first-order chi connectivity index (χ1) is 11.5. The van der Waals surface area contributed by atoms with Gasteiger partial charge in [0.15, 0.2) is 17.3 Å². The van der Waals surface area contributed by atoms with Crippen LogP contribution in [0.5, 0.6) is 11.5 Å². The third-order valence-corrected chi connectivity index (χ3v) is 4.22. The molecule has 1 aliphatic heterocycles. The van der Waals surface area contributed by atoms with Crippen LogP contribution in [-0.2, 0) is 0 Å². The van der Waals surface area contributed by atoms with Gasteiger partial charge in [0.2, 0.25) is 0 Å². The summed E-state index contributed by atoms with van der Waals surface area (Å²) in [4.78, 5) is 14.1. The van der Waals surface area contributed by atoms with Crippen LogP contribution in [0.1, 0.15) is 30.0 Å². The van der Waals surface area contributed by atoms with Crippen molar-refractivity contribution in [1.29, 1.82) is 0 Å². The van der Waals surface area contributed by atoms with Crippen molar-refractivity contribution < 1.29 is 18.8 Å². The molecule has 24 heavy (non-hydrogen) atoms. The predicted molar refractivity (Wildman–Crippen MR) is 88.6 cm³/mol. The Bertz CT molecular complexity index is 737. The van der Waals surface area contributed by atoms with Gasteiger partial charge < -0.3 is 24.2 Å². The highest BCUT2D eigenvalue weighted by atomic mass is 16.6. The zero-order valence-corrected chi connectivity index (χ0v) is 14.3. The number of nitrogens with zero attached hydrogens (tertiary/aromatic N) is 2. The highest BCUT2D eigenvalue weighted by molar-refractivity contribution is 5.90. The molecule has 1 N–H and O–H groups in total. The molecule has 0 unspecified atom stereocenters. The molecule has 128 valence electrons. The average molecular weight is 331 g/mol. The van der Waals surface area contributed by atoms with E-state index in [9.17, 15) is 4.79 Å². The number of rotatable bonds is 3. The van der Waals surface area contributed by atoms with Crippen LogP contribution in [0.4, 0.5) is 10.5 Å². The smallest absolute Gasteiger partial charge is 0.322 e. The first-order valence-electron chi connectivity index (χ1n) is 7.83. The topological polar surface area (TPSA) is 76.8 Å². The van der Waals surface area contributed by atoms with Crippen LogP contribution in [0.25, 0.3) is 0 Å². The number of aryl methyl sites for hydroxylation is 2. The second-order valence-electron chi connectivity index (χ2n) is 5.82. The van der Waals surface area contributed by atoms with E-state index >= 15 is 0 Å². The second-order valence-corrected chi connectivity index (χ2v) is 5.82. The van der Waals surface area contributed by atoms with Crippen LogP contribution in [-0.4, -0.2) is 36.3 Å². The Morgan fingerprint density at radius 1 is 1.25 bits per heavy atom. The summed E-state index contributed by atoms with van der Waals surface area (Å²) >= 11 is 0. The van der Waals surface area contributed by atoms with E-state index in [0.717, 1.165) is 11.3 Å². The van der Waals surface area contributed by atoms with E-state index in [0.29, 0.717) is 36.1 Å². The third-order valence-electron chi connectivity index (χ3n) is 4.22. The maximum absolute atomic E-state index is 12.5. The van der Waals surface area contributed by atoms with Gasteiger partial charge in [0.1, 0.15) is 24.6 Å². The van der Waals surface area contributed by atoms with Gasteiger partial charge >= 0.3 is 6.03 Å². The Labute approximate surface area is 140 Å². The minimum atomic E-state index is -0.230. The van der Waals surface area contributed by atoms with E-state index < -0.39 is 0 Å². The molecule has 1 aromatic heterocycles. The summed E-state index contributed by atoms with van der Waals surface area (Å²) in [6.45, 7) is 6.60. The normalized spacial score (nSPS) is 14.2. The van der Waals surface area contributed by atoms with Crippen molar-refractivity contribution in [2.24, 2.45) is 0 Å². The zero-order chi connectivity index (χ0) is 17.3. The molecule has 0 spiro atoms. The summed E-state index contributed by atoms with van der Waals surface area (Å²) in [5, 5.41) is 6.69. The van der Waals surface area contributed by atoms with Crippen LogP contribution < -0.4 is 14.8 Å². The van der Waals surface area contributed by atoms with Crippen molar-refractivity contribution >= 4 is 11.7 Å². The second kappa shape index (κ2) is 6.43. The lowest BCUT2D eigenvalue weighted by atomic mass is 10.1. The van der Waals surface area contributed by atoms with Crippen molar-refractivity contribution in [3.05, 3.63) is 35.2 Å². The lowest BCUT2D eigenvalue weighted by molar-refractivity contribution is 0.170. The highest BCUT2D eigenvalue weighted by Gasteiger charge is 2.22. The molecular formula is C17H21N3O4. The van der Waals surface area contributed by atoms with E-state index in [1.54, 1.807) is 25.8 Å². The number of nitrogens with one attached hydrogen (secondary N) is 1. The Kier molecular flexibility index (Phi) is 4.33. The number of amides is 2. The number of benzene rings is 1. The molecule has 1 aliphatic rings. The minimum Gasteiger partial charge on any atom is -0.486 e. The molecule has 2 heterocycles. The molecule has 2 amide bonds. The summed E-state index contributed by atoms with van der Waals surface area (Å²) in [5.74, 6) is 2.03. The highest BCUT2D eigenvalue weighted by Crippen LogP contribution is 2.34. The Balaban J connectivity index is 1.74. The van der Waals surface area contributed by atoms with E-state index in [1.165, 1.54) is 0 Å². The van der Waals surface area contributed by atoms with Gasteiger partial charge in [-0.3, -0.25) is 0 Å². The molecule has 2 aromatic rings. The summed E-state index contributed by atoms with van der Waals surface area (Å²) in [7, 11) is 1.75. The minimum absolute atomic E-state index is 0.138. The molecular weight excluding hydrogens is 310 g/mol. The number of carbonyl (C=O) groups excluding carboxylic acids is 1. The summed E-state index contributed by atoms with van der Waals surface area (Å²) < 4.78 is 16.2. The predicted octanol–water partition coefficient (Wildman–Crippen LogP) is 3.29.